The van der Waals surface area contributed by atoms with E-state index in [2.05, 4.69) is 15.9 Å². The Bertz CT molecular complexity index is 144. The summed E-state index contributed by atoms with van der Waals surface area (Å²) in [5.74, 6) is 0. The van der Waals surface area contributed by atoms with E-state index in [9.17, 15) is 0 Å². The first-order valence-corrected chi connectivity index (χ1v) is 3.46. The van der Waals surface area contributed by atoms with Crippen LogP contribution in [0.3, 0.4) is 0 Å². The van der Waals surface area contributed by atoms with Gasteiger partial charge in [-0.05, 0) is 16.2 Å². The van der Waals surface area contributed by atoms with Crippen molar-refractivity contribution < 1.29 is 0 Å². The lowest BCUT2D eigenvalue weighted by atomic mass is 10.1. The molecule has 0 fully saturated rings. The summed E-state index contributed by atoms with van der Waals surface area (Å²) in [6.07, 6.45) is 0. The minimum atomic E-state index is 0.847. The molecular weight excluding hydrogens is 171 g/mol. The fourth-order valence-electron chi connectivity index (χ4n) is 0.305. The van der Waals surface area contributed by atoms with Crippen molar-refractivity contribution in [1.29, 1.82) is 0 Å². The van der Waals surface area contributed by atoms with Gasteiger partial charge in [-0.1, -0.05) is 15.9 Å². The minimum Gasteiger partial charge on any atom is -0.159 e. The molecule has 7 heavy (non-hydrogen) atoms. The van der Waals surface area contributed by atoms with Crippen molar-refractivity contribution in [2.45, 2.75) is 0 Å². The molecule has 0 aliphatic heterocycles. The Morgan fingerprint density at radius 3 is 2.57 bits per heavy atom. The molecule has 2 radical (unpaired) electrons. The molecule has 0 bridgehead atoms. The number of halogens is 1. The molecule has 0 atom stereocenters. The van der Waals surface area contributed by atoms with Crippen LogP contribution in [0.1, 0.15) is 0 Å². The maximum absolute atomic E-state index is 5.41. The molecule has 0 spiro atoms. The van der Waals surface area contributed by atoms with Crippen molar-refractivity contribution in [2.75, 3.05) is 0 Å². The molecule has 0 amide bonds. The maximum Gasteiger partial charge on any atom is 0.130 e. The van der Waals surface area contributed by atoms with Crippen LogP contribution in [0.5, 0.6) is 0 Å². The lowest BCUT2D eigenvalue weighted by molar-refractivity contribution is 1.95. The average Bonchev–Trinajstić information content (AvgIpc) is 1.91. The fourth-order valence-corrected chi connectivity index (χ4v) is 1.42. The standard InChI is InChI=1S/C4H2BBrS/c5-4-3(6)1-2-7-4/h1-2H. The van der Waals surface area contributed by atoms with Crippen molar-refractivity contribution in [2.24, 2.45) is 0 Å². The van der Waals surface area contributed by atoms with E-state index < -0.39 is 0 Å². The van der Waals surface area contributed by atoms with Crippen molar-refractivity contribution in [1.82, 2.24) is 0 Å². The topological polar surface area (TPSA) is 0 Å². The molecule has 0 aliphatic carbocycles. The zero-order valence-electron chi connectivity index (χ0n) is 3.52. The van der Waals surface area contributed by atoms with E-state index in [1.165, 1.54) is 11.3 Å². The molecule has 0 unspecified atom stereocenters. The first-order chi connectivity index (χ1) is 3.30. The summed E-state index contributed by atoms with van der Waals surface area (Å²) in [5.41, 5.74) is 0. The Hall–Kier alpha value is 0.245. The summed E-state index contributed by atoms with van der Waals surface area (Å²) < 4.78 is 1.84. The van der Waals surface area contributed by atoms with Gasteiger partial charge in [0.1, 0.15) is 7.85 Å². The molecule has 1 heterocycles. The highest BCUT2D eigenvalue weighted by Gasteiger charge is 1.88. The zero-order chi connectivity index (χ0) is 5.28. The second-order valence-corrected chi connectivity index (χ2v) is 2.93. The monoisotopic (exact) mass is 172 g/mol. The molecule has 1 aromatic rings. The van der Waals surface area contributed by atoms with Crippen LogP contribution in [-0.2, 0) is 0 Å². The molecule has 1 aromatic heterocycles. The lowest BCUT2D eigenvalue weighted by Crippen LogP contribution is -1.92. The van der Waals surface area contributed by atoms with E-state index in [-0.39, 0.29) is 0 Å². The average molecular weight is 173 g/mol. The third-order valence-corrected chi connectivity index (χ3v) is 2.34. The molecular formula is C4H2BBrS. The van der Waals surface area contributed by atoms with Gasteiger partial charge in [-0.25, -0.2) is 0 Å². The van der Waals surface area contributed by atoms with Gasteiger partial charge in [0.05, 0.1) is 0 Å². The molecule has 3 heteroatoms. The van der Waals surface area contributed by atoms with Crippen LogP contribution < -0.4 is 4.78 Å². The summed E-state index contributed by atoms with van der Waals surface area (Å²) in [7, 11) is 5.41. The largest absolute Gasteiger partial charge is 0.159 e. The number of rotatable bonds is 0. The first kappa shape index (κ1) is 5.38. The van der Waals surface area contributed by atoms with E-state index >= 15 is 0 Å². The Labute approximate surface area is 56.1 Å². The Morgan fingerprint density at radius 1 is 1.71 bits per heavy atom. The van der Waals surface area contributed by atoms with Crippen LogP contribution >= 0.6 is 27.3 Å². The summed E-state index contributed by atoms with van der Waals surface area (Å²) in [4.78, 5) is 0. The second kappa shape index (κ2) is 2.01. The Morgan fingerprint density at radius 2 is 2.43 bits per heavy atom. The Balaban J connectivity index is 3.12. The van der Waals surface area contributed by atoms with Crippen molar-refractivity contribution in [3.63, 3.8) is 0 Å². The SMILES string of the molecule is [B]c1sccc1Br. The molecule has 0 N–H and O–H groups in total. The second-order valence-electron chi connectivity index (χ2n) is 1.13. The minimum absolute atomic E-state index is 0.847. The summed E-state index contributed by atoms with van der Waals surface area (Å²) in [6, 6.07) is 1.93. The first-order valence-electron chi connectivity index (χ1n) is 1.79. The lowest BCUT2D eigenvalue weighted by Gasteiger charge is -1.77. The van der Waals surface area contributed by atoms with Gasteiger partial charge in [-0.3, -0.25) is 0 Å². The van der Waals surface area contributed by atoms with Gasteiger partial charge in [-0.15, -0.1) is 0 Å². The molecule has 1 rings (SSSR count). The van der Waals surface area contributed by atoms with Gasteiger partial charge in [0.2, 0.25) is 0 Å². The summed E-state index contributed by atoms with van der Waals surface area (Å²) >= 11 is 4.79. The van der Waals surface area contributed by atoms with Gasteiger partial charge < -0.3 is 0 Å². The molecule has 0 aliphatic rings. The number of hydrogen-bond acceptors (Lipinski definition) is 1. The predicted molar refractivity (Wildman–Crippen MR) is 37.4 cm³/mol. The van der Waals surface area contributed by atoms with E-state index in [1.807, 2.05) is 11.4 Å². The van der Waals surface area contributed by atoms with Crippen LogP contribution in [0, 0.1) is 0 Å². The van der Waals surface area contributed by atoms with Gasteiger partial charge >= 0.3 is 0 Å². The van der Waals surface area contributed by atoms with Crippen LogP contribution in [-0.4, -0.2) is 7.85 Å². The highest BCUT2D eigenvalue weighted by Crippen LogP contribution is 2.07. The molecule has 0 nitrogen and oxygen atoms in total. The quantitative estimate of drug-likeness (QED) is 0.518. The fraction of sp³-hybridized carbons (Fsp3) is 0. The van der Waals surface area contributed by atoms with Crippen LogP contribution in [0.4, 0.5) is 0 Å². The molecule has 0 saturated carbocycles. The summed E-state index contributed by atoms with van der Waals surface area (Å²) in [5, 5.41) is 1.94. The van der Waals surface area contributed by atoms with Crippen molar-refractivity contribution >= 4 is 39.9 Å². The summed E-state index contributed by atoms with van der Waals surface area (Å²) in [6.45, 7) is 0. The Kier molecular flexibility index (Phi) is 1.55. The normalized spacial score (nSPS) is 9.29. The highest BCUT2D eigenvalue weighted by atomic mass is 79.9. The maximum atomic E-state index is 5.41. The van der Waals surface area contributed by atoms with E-state index in [1.54, 1.807) is 0 Å². The van der Waals surface area contributed by atoms with Gasteiger partial charge in [0.25, 0.3) is 0 Å². The zero-order valence-corrected chi connectivity index (χ0v) is 5.92. The van der Waals surface area contributed by atoms with E-state index in [0.29, 0.717) is 0 Å². The molecule has 0 aromatic carbocycles. The molecule has 34 valence electrons. The smallest absolute Gasteiger partial charge is 0.130 e. The van der Waals surface area contributed by atoms with Crippen molar-refractivity contribution in [3.8, 4) is 0 Å². The predicted octanol–water partition coefficient (Wildman–Crippen LogP) is 1.30. The van der Waals surface area contributed by atoms with Crippen LogP contribution in [0.25, 0.3) is 0 Å². The third kappa shape index (κ3) is 1.07. The van der Waals surface area contributed by atoms with Crippen LogP contribution in [0.15, 0.2) is 15.9 Å². The van der Waals surface area contributed by atoms with Crippen molar-refractivity contribution in [3.05, 3.63) is 15.9 Å². The van der Waals surface area contributed by atoms with Gasteiger partial charge in [0, 0.05) is 4.47 Å². The van der Waals surface area contributed by atoms with Gasteiger partial charge in [0.15, 0.2) is 0 Å². The number of thiophene rings is 1. The number of hydrogen-bond donors (Lipinski definition) is 0. The van der Waals surface area contributed by atoms with E-state index in [0.717, 1.165) is 9.25 Å². The van der Waals surface area contributed by atoms with E-state index in [4.69, 9.17) is 7.85 Å². The van der Waals surface area contributed by atoms with Gasteiger partial charge in [-0.2, -0.15) is 11.3 Å². The highest BCUT2D eigenvalue weighted by molar-refractivity contribution is 9.10. The molecule has 0 saturated heterocycles. The third-order valence-electron chi connectivity index (χ3n) is 0.645. The van der Waals surface area contributed by atoms with Crippen LogP contribution in [0.2, 0.25) is 0 Å².